The van der Waals surface area contributed by atoms with Crippen LogP contribution in [0.15, 0.2) is 0 Å². The Morgan fingerprint density at radius 1 is 1.06 bits per heavy atom. The first-order chi connectivity index (χ1) is 8.22. The Morgan fingerprint density at radius 3 is 2.29 bits per heavy atom. The van der Waals surface area contributed by atoms with Crippen molar-refractivity contribution < 1.29 is 4.79 Å². The average Bonchev–Trinajstić information content (AvgIpc) is 2.29. The molecule has 2 aliphatic rings. The zero-order valence-corrected chi connectivity index (χ0v) is 11.1. The molecule has 1 atom stereocenters. The second-order valence-corrected chi connectivity index (χ2v) is 5.90. The number of amides is 1. The maximum absolute atomic E-state index is 12.6. The summed E-state index contributed by atoms with van der Waals surface area (Å²) in [4.78, 5) is 14.8. The first-order valence-corrected chi connectivity index (χ1v) is 7.22. The van der Waals surface area contributed by atoms with Gasteiger partial charge in [0.1, 0.15) is 0 Å². The third-order valence-electron chi connectivity index (χ3n) is 4.26. The standard InChI is InChI=1S/C14H26N2O/c1-14(8-7-9-15-12-14)13(17)16-10-5-3-2-4-6-11-16/h15H,2-12H2,1H3. The van der Waals surface area contributed by atoms with Crippen LogP contribution < -0.4 is 5.32 Å². The van der Waals surface area contributed by atoms with Crippen molar-refractivity contribution in [1.29, 1.82) is 0 Å². The summed E-state index contributed by atoms with van der Waals surface area (Å²) >= 11 is 0. The zero-order chi connectivity index (χ0) is 12.1. The second-order valence-electron chi connectivity index (χ2n) is 5.90. The normalized spacial score (nSPS) is 31.7. The van der Waals surface area contributed by atoms with E-state index < -0.39 is 0 Å². The molecule has 3 heteroatoms. The van der Waals surface area contributed by atoms with Crippen LogP contribution in [0, 0.1) is 5.41 Å². The van der Waals surface area contributed by atoms with Crippen molar-refractivity contribution in [3.05, 3.63) is 0 Å². The van der Waals surface area contributed by atoms with Gasteiger partial charge in [0.05, 0.1) is 5.41 Å². The van der Waals surface area contributed by atoms with Gasteiger partial charge in [0.15, 0.2) is 0 Å². The third-order valence-corrected chi connectivity index (χ3v) is 4.26. The summed E-state index contributed by atoms with van der Waals surface area (Å²) in [5.41, 5.74) is -0.141. The maximum Gasteiger partial charge on any atom is 0.229 e. The van der Waals surface area contributed by atoms with Crippen molar-refractivity contribution in [2.24, 2.45) is 5.41 Å². The SMILES string of the molecule is CC1(C(=O)N2CCCCCCC2)CCCNC1. The summed E-state index contributed by atoms with van der Waals surface area (Å²) in [7, 11) is 0. The van der Waals surface area contributed by atoms with Gasteiger partial charge in [-0.05, 0) is 39.2 Å². The minimum absolute atomic E-state index is 0.141. The highest BCUT2D eigenvalue weighted by Gasteiger charge is 2.37. The number of carbonyl (C=O) groups excluding carboxylic acids is 1. The van der Waals surface area contributed by atoms with E-state index in [1.54, 1.807) is 0 Å². The van der Waals surface area contributed by atoms with Gasteiger partial charge in [-0.15, -0.1) is 0 Å². The highest BCUT2D eigenvalue weighted by Crippen LogP contribution is 2.28. The molecular weight excluding hydrogens is 212 g/mol. The highest BCUT2D eigenvalue weighted by molar-refractivity contribution is 5.82. The van der Waals surface area contributed by atoms with Crippen molar-refractivity contribution in [1.82, 2.24) is 10.2 Å². The van der Waals surface area contributed by atoms with Gasteiger partial charge < -0.3 is 10.2 Å². The molecule has 2 fully saturated rings. The fraction of sp³-hybridized carbons (Fsp3) is 0.929. The van der Waals surface area contributed by atoms with Crippen LogP contribution >= 0.6 is 0 Å². The molecular formula is C14H26N2O. The summed E-state index contributed by atoms with van der Waals surface area (Å²) in [6.45, 7) is 6.04. The average molecular weight is 238 g/mol. The monoisotopic (exact) mass is 238 g/mol. The van der Waals surface area contributed by atoms with Crippen LogP contribution in [0.25, 0.3) is 0 Å². The largest absolute Gasteiger partial charge is 0.342 e. The van der Waals surface area contributed by atoms with E-state index in [1.807, 2.05) is 0 Å². The predicted octanol–water partition coefficient (Wildman–Crippen LogP) is 2.17. The molecule has 2 aliphatic heterocycles. The molecule has 1 unspecified atom stereocenters. The Bertz CT molecular complexity index is 251. The van der Waals surface area contributed by atoms with E-state index in [2.05, 4.69) is 17.1 Å². The van der Waals surface area contributed by atoms with Crippen LogP contribution in [-0.4, -0.2) is 37.0 Å². The number of nitrogens with one attached hydrogen (secondary N) is 1. The molecule has 0 aliphatic carbocycles. The van der Waals surface area contributed by atoms with Gasteiger partial charge in [0.2, 0.25) is 5.91 Å². The molecule has 0 aromatic heterocycles. The first-order valence-electron chi connectivity index (χ1n) is 7.22. The molecule has 1 N–H and O–H groups in total. The zero-order valence-electron chi connectivity index (χ0n) is 11.1. The number of likely N-dealkylation sites (tertiary alicyclic amines) is 1. The number of rotatable bonds is 1. The summed E-state index contributed by atoms with van der Waals surface area (Å²) in [6, 6.07) is 0. The highest BCUT2D eigenvalue weighted by atomic mass is 16.2. The van der Waals surface area contributed by atoms with Crippen LogP contribution in [0.3, 0.4) is 0 Å². The van der Waals surface area contributed by atoms with Gasteiger partial charge in [-0.2, -0.15) is 0 Å². The van der Waals surface area contributed by atoms with Crippen molar-refractivity contribution in [2.75, 3.05) is 26.2 Å². The molecule has 0 aromatic rings. The molecule has 2 heterocycles. The van der Waals surface area contributed by atoms with Crippen LogP contribution in [0.5, 0.6) is 0 Å². The molecule has 0 aromatic carbocycles. The van der Waals surface area contributed by atoms with Crippen LogP contribution in [0.2, 0.25) is 0 Å². The lowest BCUT2D eigenvalue weighted by Crippen LogP contribution is -2.50. The summed E-state index contributed by atoms with van der Waals surface area (Å²) in [6.07, 6.45) is 8.49. The van der Waals surface area contributed by atoms with Gasteiger partial charge in [0, 0.05) is 19.6 Å². The molecule has 1 amide bonds. The van der Waals surface area contributed by atoms with E-state index in [0.29, 0.717) is 5.91 Å². The first kappa shape index (κ1) is 12.9. The summed E-state index contributed by atoms with van der Waals surface area (Å²) in [5, 5.41) is 3.38. The molecule has 17 heavy (non-hydrogen) atoms. The van der Waals surface area contributed by atoms with Gasteiger partial charge in [-0.25, -0.2) is 0 Å². The Kier molecular flexibility index (Phi) is 4.43. The minimum atomic E-state index is -0.141. The van der Waals surface area contributed by atoms with Gasteiger partial charge in [0.25, 0.3) is 0 Å². The molecule has 2 rings (SSSR count). The van der Waals surface area contributed by atoms with Crippen LogP contribution in [0.4, 0.5) is 0 Å². The Hall–Kier alpha value is -0.570. The number of carbonyl (C=O) groups is 1. The molecule has 3 nitrogen and oxygen atoms in total. The molecule has 0 bridgehead atoms. The van der Waals surface area contributed by atoms with Crippen LogP contribution in [-0.2, 0) is 4.79 Å². The van der Waals surface area contributed by atoms with E-state index in [1.165, 1.54) is 32.1 Å². The number of piperidine rings is 1. The van der Waals surface area contributed by atoms with E-state index in [0.717, 1.165) is 39.0 Å². The lowest BCUT2D eigenvalue weighted by Gasteiger charge is -2.38. The van der Waals surface area contributed by atoms with E-state index in [9.17, 15) is 4.79 Å². The summed E-state index contributed by atoms with van der Waals surface area (Å²) in [5.74, 6) is 0.395. The van der Waals surface area contributed by atoms with E-state index in [4.69, 9.17) is 0 Å². The molecule has 0 radical (unpaired) electrons. The molecule has 2 saturated heterocycles. The van der Waals surface area contributed by atoms with Crippen molar-refractivity contribution in [3.8, 4) is 0 Å². The number of hydrogen-bond donors (Lipinski definition) is 1. The minimum Gasteiger partial charge on any atom is -0.342 e. The Balaban J connectivity index is 1.96. The predicted molar refractivity (Wildman–Crippen MR) is 69.9 cm³/mol. The molecule has 0 saturated carbocycles. The quantitative estimate of drug-likeness (QED) is 0.759. The van der Waals surface area contributed by atoms with E-state index >= 15 is 0 Å². The summed E-state index contributed by atoms with van der Waals surface area (Å²) < 4.78 is 0. The van der Waals surface area contributed by atoms with Crippen molar-refractivity contribution in [2.45, 2.75) is 51.9 Å². The van der Waals surface area contributed by atoms with E-state index in [-0.39, 0.29) is 5.41 Å². The number of nitrogens with zero attached hydrogens (tertiary/aromatic N) is 1. The molecule has 0 spiro atoms. The number of hydrogen-bond acceptors (Lipinski definition) is 2. The van der Waals surface area contributed by atoms with Crippen molar-refractivity contribution >= 4 is 5.91 Å². The smallest absolute Gasteiger partial charge is 0.229 e. The van der Waals surface area contributed by atoms with Gasteiger partial charge >= 0.3 is 0 Å². The molecule has 98 valence electrons. The fourth-order valence-electron chi connectivity index (χ4n) is 3.07. The lowest BCUT2D eigenvalue weighted by atomic mass is 9.81. The maximum atomic E-state index is 12.6. The van der Waals surface area contributed by atoms with Gasteiger partial charge in [-0.3, -0.25) is 4.79 Å². The Labute approximate surface area is 105 Å². The topological polar surface area (TPSA) is 32.3 Å². The lowest BCUT2D eigenvalue weighted by molar-refractivity contribution is -0.142. The Morgan fingerprint density at radius 2 is 1.71 bits per heavy atom. The third kappa shape index (κ3) is 3.21. The van der Waals surface area contributed by atoms with Gasteiger partial charge in [-0.1, -0.05) is 19.3 Å². The van der Waals surface area contributed by atoms with Crippen LogP contribution in [0.1, 0.15) is 51.9 Å². The second kappa shape index (κ2) is 5.85. The fourth-order valence-corrected chi connectivity index (χ4v) is 3.07. The van der Waals surface area contributed by atoms with Crippen molar-refractivity contribution in [3.63, 3.8) is 0 Å².